The molecule has 3 N–H and O–H groups in total. The highest BCUT2D eigenvalue weighted by molar-refractivity contribution is 7.11. The van der Waals surface area contributed by atoms with Gasteiger partial charge in [-0.05, 0) is 13.3 Å². The van der Waals surface area contributed by atoms with Gasteiger partial charge in [0.25, 0.3) is 6.47 Å². The standard InChI is InChI=1S/C11H13N3O4S.CH2O2/c1-6-12-13-7(19-6)2-14-4-10(8(15)16)3-11(10,5-14)9(17)18;2-1-3/h2-5H2,1H3,(H,15,16)(H,17,18);1H,(H,2,3)/t10-,11+;. The summed E-state index contributed by atoms with van der Waals surface area (Å²) >= 11 is 1.45. The maximum Gasteiger partial charge on any atom is 0.312 e. The van der Waals surface area contributed by atoms with E-state index in [4.69, 9.17) is 9.90 Å². The zero-order chi connectivity index (χ0) is 16.5. The molecule has 0 unspecified atom stereocenters. The molecule has 2 heterocycles. The van der Waals surface area contributed by atoms with E-state index in [1.165, 1.54) is 11.3 Å². The highest BCUT2D eigenvalue weighted by Crippen LogP contribution is 2.68. The second-order valence-corrected chi connectivity index (χ2v) is 6.68. The number of carboxylic acid groups (broad SMARTS) is 3. The summed E-state index contributed by atoms with van der Waals surface area (Å²) in [5, 5.41) is 35.0. The minimum atomic E-state index is -1.11. The van der Waals surface area contributed by atoms with Crippen molar-refractivity contribution in [1.82, 2.24) is 15.1 Å². The first-order chi connectivity index (χ1) is 10.3. The molecule has 1 saturated carbocycles. The van der Waals surface area contributed by atoms with E-state index in [0.717, 1.165) is 10.0 Å². The fraction of sp³-hybridized carbons (Fsp3) is 0.583. The van der Waals surface area contributed by atoms with Crippen LogP contribution in [-0.2, 0) is 20.9 Å². The van der Waals surface area contributed by atoms with Crippen LogP contribution in [0.25, 0.3) is 0 Å². The van der Waals surface area contributed by atoms with Crippen molar-refractivity contribution in [2.45, 2.75) is 19.9 Å². The lowest BCUT2D eigenvalue weighted by molar-refractivity contribution is -0.151. The smallest absolute Gasteiger partial charge is 0.312 e. The maximum absolute atomic E-state index is 11.4. The Morgan fingerprint density at radius 2 is 1.77 bits per heavy atom. The number of aliphatic carboxylic acids is 2. The van der Waals surface area contributed by atoms with Crippen LogP contribution in [0.5, 0.6) is 0 Å². The lowest BCUT2D eigenvalue weighted by atomic mass is 9.97. The first kappa shape index (κ1) is 16.3. The van der Waals surface area contributed by atoms with E-state index in [1.54, 1.807) is 0 Å². The Labute approximate surface area is 129 Å². The van der Waals surface area contributed by atoms with E-state index in [-0.39, 0.29) is 26.0 Å². The van der Waals surface area contributed by atoms with Gasteiger partial charge in [0, 0.05) is 13.1 Å². The quantitative estimate of drug-likeness (QED) is 0.646. The molecule has 22 heavy (non-hydrogen) atoms. The highest BCUT2D eigenvalue weighted by Gasteiger charge is 2.80. The van der Waals surface area contributed by atoms with E-state index in [9.17, 15) is 19.8 Å². The highest BCUT2D eigenvalue weighted by atomic mass is 32.1. The average Bonchev–Trinajstić information content (AvgIpc) is 2.73. The van der Waals surface area contributed by atoms with Crippen LogP contribution in [0.1, 0.15) is 16.4 Å². The van der Waals surface area contributed by atoms with Crippen LogP contribution in [0.15, 0.2) is 0 Å². The topological polar surface area (TPSA) is 141 Å². The van der Waals surface area contributed by atoms with Gasteiger partial charge in [0.15, 0.2) is 0 Å². The van der Waals surface area contributed by atoms with Crippen LogP contribution < -0.4 is 0 Å². The molecular weight excluding hydrogens is 314 g/mol. The fourth-order valence-electron chi connectivity index (χ4n) is 3.11. The molecule has 0 radical (unpaired) electrons. The molecule has 1 saturated heterocycles. The SMILES string of the molecule is Cc1nnc(CN2C[C@@]3(C(=O)O)C[C@@]3(C(=O)O)C2)s1.O=CO. The van der Waals surface area contributed by atoms with E-state index in [1.807, 2.05) is 11.8 Å². The van der Waals surface area contributed by atoms with Crippen LogP contribution in [-0.4, -0.2) is 61.9 Å². The molecule has 2 atom stereocenters. The fourth-order valence-corrected chi connectivity index (χ4v) is 3.86. The Hall–Kier alpha value is -2.07. The first-order valence-corrected chi connectivity index (χ1v) is 7.19. The molecular formula is C12H15N3O6S. The summed E-state index contributed by atoms with van der Waals surface area (Å²) in [6.07, 6.45) is 0.232. The molecule has 3 rings (SSSR count). The van der Waals surface area contributed by atoms with Gasteiger partial charge in [0.2, 0.25) is 0 Å². The molecule has 1 aromatic heterocycles. The molecule has 9 nitrogen and oxygen atoms in total. The van der Waals surface area contributed by atoms with Gasteiger partial charge in [0.05, 0.1) is 17.4 Å². The van der Waals surface area contributed by atoms with Crippen LogP contribution >= 0.6 is 11.3 Å². The molecule has 0 aromatic carbocycles. The number of hydrogen-bond donors (Lipinski definition) is 3. The van der Waals surface area contributed by atoms with Crippen molar-refractivity contribution in [3.05, 3.63) is 10.0 Å². The zero-order valence-corrected chi connectivity index (χ0v) is 12.5. The predicted octanol–water partition coefficient (Wildman–Crippen LogP) is -0.0914. The number of carboxylic acids is 2. The summed E-state index contributed by atoms with van der Waals surface area (Å²) < 4.78 is 0. The summed E-state index contributed by atoms with van der Waals surface area (Å²) in [4.78, 5) is 32.9. The third-order valence-electron chi connectivity index (χ3n) is 4.13. The minimum absolute atomic E-state index is 0.232. The number of carbonyl (C=O) groups is 3. The van der Waals surface area contributed by atoms with Crippen molar-refractivity contribution in [3.8, 4) is 0 Å². The molecule has 0 bridgehead atoms. The third-order valence-corrected chi connectivity index (χ3v) is 4.95. The van der Waals surface area contributed by atoms with Crippen molar-refractivity contribution in [2.75, 3.05) is 13.1 Å². The van der Waals surface area contributed by atoms with Crippen molar-refractivity contribution in [2.24, 2.45) is 10.8 Å². The van der Waals surface area contributed by atoms with Gasteiger partial charge >= 0.3 is 11.9 Å². The Bertz CT molecular complexity index is 592. The van der Waals surface area contributed by atoms with Gasteiger partial charge in [0.1, 0.15) is 10.0 Å². The molecule has 1 aliphatic heterocycles. The van der Waals surface area contributed by atoms with E-state index >= 15 is 0 Å². The lowest BCUT2D eigenvalue weighted by Gasteiger charge is -2.17. The first-order valence-electron chi connectivity index (χ1n) is 6.37. The summed E-state index contributed by atoms with van der Waals surface area (Å²) in [5.74, 6) is -2.02. The molecule has 0 amide bonds. The maximum atomic E-state index is 11.4. The molecule has 120 valence electrons. The number of aromatic nitrogens is 2. The lowest BCUT2D eigenvalue weighted by Crippen LogP contribution is -2.28. The van der Waals surface area contributed by atoms with Crippen LogP contribution in [0.2, 0.25) is 0 Å². The summed E-state index contributed by atoms with van der Waals surface area (Å²) in [5.41, 5.74) is -2.23. The Morgan fingerprint density at radius 3 is 2.14 bits per heavy atom. The largest absolute Gasteiger partial charge is 0.483 e. The second kappa shape index (κ2) is 5.61. The summed E-state index contributed by atoms with van der Waals surface area (Å²) in [7, 11) is 0. The summed E-state index contributed by atoms with van der Waals surface area (Å²) in [6, 6.07) is 0. The van der Waals surface area contributed by atoms with Crippen molar-refractivity contribution in [1.29, 1.82) is 0 Å². The molecule has 0 spiro atoms. The average molecular weight is 329 g/mol. The zero-order valence-electron chi connectivity index (χ0n) is 11.7. The number of aryl methyl sites for hydroxylation is 1. The number of nitrogens with zero attached hydrogens (tertiary/aromatic N) is 3. The second-order valence-electron chi connectivity index (χ2n) is 5.42. The minimum Gasteiger partial charge on any atom is -0.483 e. The number of hydrogen-bond acceptors (Lipinski definition) is 7. The van der Waals surface area contributed by atoms with Gasteiger partial charge < -0.3 is 15.3 Å². The van der Waals surface area contributed by atoms with Crippen LogP contribution in [0, 0.1) is 17.8 Å². The van der Waals surface area contributed by atoms with Gasteiger partial charge in [-0.2, -0.15) is 0 Å². The Morgan fingerprint density at radius 1 is 1.27 bits per heavy atom. The molecule has 1 aliphatic carbocycles. The normalized spacial score (nSPS) is 29.1. The third kappa shape index (κ3) is 2.44. The van der Waals surface area contributed by atoms with Gasteiger partial charge in [-0.25, -0.2) is 0 Å². The summed E-state index contributed by atoms with van der Waals surface area (Å²) in [6.45, 7) is 2.61. The number of piperidine rings is 1. The molecule has 1 aromatic rings. The van der Waals surface area contributed by atoms with E-state index < -0.39 is 22.8 Å². The van der Waals surface area contributed by atoms with Crippen LogP contribution in [0.4, 0.5) is 0 Å². The molecule has 10 heteroatoms. The van der Waals surface area contributed by atoms with E-state index in [2.05, 4.69) is 10.2 Å². The monoisotopic (exact) mass is 329 g/mol. The number of likely N-dealkylation sites (tertiary alicyclic amines) is 1. The van der Waals surface area contributed by atoms with Crippen LogP contribution in [0.3, 0.4) is 0 Å². The number of fused-ring (bicyclic) bond motifs is 1. The van der Waals surface area contributed by atoms with Gasteiger partial charge in [-0.1, -0.05) is 0 Å². The van der Waals surface area contributed by atoms with Crippen molar-refractivity contribution < 1.29 is 29.7 Å². The van der Waals surface area contributed by atoms with Gasteiger partial charge in [-0.3, -0.25) is 19.3 Å². The predicted molar refractivity (Wildman–Crippen MR) is 73.4 cm³/mol. The molecule has 2 fully saturated rings. The van der Waals surface area contributed by atoms with Gasteiger partial charge in [-0.15, -0.1) is 21.5 Å². The number of rotatable bonds is 4. The molecule has 2 aliphatic rings. The van der Waals surface area contributed by atoms with E-state index in [0.29, 0.717) is 6.54 Å². The van der Waals surface area contributed by atoms with Crippen molar-refractivity contribution in [3.63, 3.8) is 0 Å². The Kier molecular flexibility index (Phi) is 4.16. The Balaban J connectivity index is 0.000000545. The van der Waals surface area contributed by atoms with Crippen molar-refractivity contribution >= 4 is 29.7 Å².